The van der Waals surface area contributed by atoms with Gasteiger partial charge in [-0.3, -0.25) is 0 Å². The molecular formula is C11H5F7O2. The summed E-state index contributed by atoms with van der Waals surface area (Å²) in [5.74, 6) is -4.52. The Labute approximate surface area is 107 Å². The van der Waals surface area contributed by atoms with Crippen LogP contribution in [0.1, 0.15) is 11.1 Å². The van der Waals surface area contributed by atoms with Crippen molar-refractivity contribution in [3.05, 3.63) is 41.7 Å². The lowest BCUT2D eigenvalue weighted by Crippen LogP contribution is -2.13. The van der Waals surface area contributed by atoms with E-state index < -0.39 is 41.0 Å². The summed E-state index contributed by atoms with van der Waals surface area (Å²) in [6.45, 7) is 2.51. The summed E-state index contributed by atoms with van der Waals surface area (Å²) in [4.78, 5) is 10.8. The van der Waals surface area contributed by atoms with Crippen LogP contribution in [0.5, 0.6) is 5.75 Å². The molecule has 1 rings (SSSR count). The van der Waals surface area contributed by atoms with Gasteiger partial charge in [-0.25, -0.2) is 4.79 Å². The number of esters is 1. The summed E-state index contributed by atoms with van der Waals surface area (Å²) in [5.41, 5.74) is -3.36. The van der Waals surface area contributed by atoms with E-state index >= 15 is 0 Å². The molecule has 0 unspecified atom stereocenters. The molecule has 1 aromatic rings. The molecule has 0 saturated heterocycles. The van der Waals surface area contributed by atoms with Gasteiger partial charge in [0.15, 0.2) is 0 Å². The first-order chi connectivity index (χ1) is 8.91. The highest BCUT2D eigenvalue weighted by Gasteiger charge is 2.37. The predicted molar refractivity (Wildman–Crippen MR) is 52.3 cm³/mol. The smallest absolute Gasteiger partial charge is 0.416 e. The number of halogens is 7. The van der Waals surface area contributed by atoms with E-state index in [1.807, 2.05) is 0 Å². The Bertz CT molecular complexity index is 510. The molecule has 0 N–H and O–H groups in total. The van der Waals surface area contributed by atoms with Crippen LogP contribution in [0.3, 0.4) is 0 Å². The van der Waals surface area contributed by atoms with E-state index in [0.717, 1.165) is 0 Å². The number of benzene rings is 1. The lowest BCUT2D eigenvalue weighted by Gasteiger charge is -2.13. The van der Waals surface area contributed by atoms with E-state index in [9.17, 15) is 35.5 Å². The maximum absolute atomic E-state index is 12.4. The fourth-order valence-electron chi connectivity index (χ4n) is 1.15. The second kappa shape index (κ2) is 5.14. The number of rotatable bonds is 2. The van der Waals surface area contributed by atoms with E-state index in [1.165, 1.54) is 0 Å². The van der Waals surface area contributed by atoms with Crippen LogP contribution < -0.4 is 4.74 Å². The SMILES string of the molecule is C=C(F)C(=O)Oc1cc(C(F)(F)F)cc(C(F)(F)F)c1. The Morgan fingerprint density at radius 2 is 1.35 bits per heavy atom. The molecule has 20 heavy (non-hydrogen) atoms. The van der Waals surface area contributed by atoms with Crippen molar-refractivity contribution in [2.75, 3.05) is 0 Å². The second-order valence-electron chi connectivity index (χ2n) is 3.54. The highest BCUT2D eigenvalue weighted by atomic mass is 19.4. The van der Waals surface area contributed by atoms with Crippen molar-refractivity contribution in [3.8, 4) is 5.75 Å². The Morgan fingerprint density at radius 3 is 1.65 bits per heavy atom. The molecule has 0 aliphatic rings. The molecule has 0 fully saturated rings. The van der Waals surface area contributed by atoms with Crippen LogP contribution in [0.15, 0.2) is 30.6 Å². The normalized spacial score (nSPS) is 12.2. The van der Waals surface area contributed by atoms with Crippen molar-refractivity contribution < 1.29 is 40.3 Å². The molecule has 110 valence electrons. The van der Waals surface area contributed by atoms with Crippen molar-refractivity contribution in [1.29, 1.82) is 0 Å². The summed E-state index contributed by atoms with van der Waals surface area (Å²) < 4.78 is 91.0. The van der Waals surface area contributed by atoms with E-state index in [0.29, 0.717) is 0 Å². The molecular weight excluding hydrogens is 297 g/mol. The average molecular weight is 302 g/mol. The van der Waals surface area contributed by atoms with Gasteiger partial charge in [0, 0.05) is 0 Å². The molecule has 0 atom stereocenters. The van der Waals surface area contributed by atoms with E-state index in [2.05, 4.69) is 11.3 Å². The minimum Gasteiger partial charge on any atom is -0.421 e. The number of hydrogen-bond donors (Lipinski definition) is 0. The lowest BCUT2D eigenvalue weighted by atomic mass is 10.1. The van der Waals surface area contributed by atoms with Crippen molar-refractivity contribution in [2.45, 2.75) is 12.4 Å². The van der Waals surface area contributed by atoms with Gasteiger partial charge in [0.25, 0.3) is 0 Å². The third-order valence-corrected chi connectivity index (χ3v) is 1.99. The molecule has 0 aliphatic heterocycles. The Kier molecular flexibility index (Phi) is 4.11. The number of alkyl halides is 6. The van der Waals surface area contributed by atoms with Crippen LogP contribution in [0, 0.1) is 0 Å². The molecule has 0 amide bonds. The van der Waals surface area contributed by atoms with Gasteiger partial charge in [-0.15, -0.1) is 0 Å². The predicted octanol–water partition coefficient (Wildman–Crippen LogP) is 4.11. The lowest BCUT2D eigenvalue weighted by molar-refractivity contribution is -0.144. The van der Waals surface area contributed by atoms with Crippen molar-refractivity contribution in [2.24, 2.45) is 0 Å². The minimum atomic E-state index is -5.09. The molecule has 1 aromatic carbocycles. The summed E-state index contributed by atoms with van der Waals surface area (Å²) in [7, 11) is 0. The van der Waals surface area contributed by atoms with Gasteiger partial charge in [-0.05, 0) is 18.2 Å². The zero-order chi connectivity index (χ0) is 15.7. The quantitative estimate of drug-likeness (QED) is 0.356. The van der Waals surface area contributed by atoms with Crippen LogP contribution in [0.2, 0.25) is 0 Å². The first-order valence-electron chi connectivity index (χ1n) is 4.77. The number of carbonyl (C=O) groups excluding carboxylic acids is 1. The van der Waals surface area contributed by atoms with E-state index in [4.69, 9.17) is 0 Å². The van der Waals surface area contributed by atoms with Gasteiger partial charge in [0.1, 0.15) is 5.75 Å². The topological polar surface area (TPSA) is 26.3 Å². The van der Waals surface area contributed by atoms with Crippen molar-refractivity contribution >= 4 is 5.97 Å². The monoisotopic (exact) mass is 302 g/mol. The zero-order valence-corrected chi connectivity index (χ0v) is 9.40. The number of hydrogen-bond acceptors (Lipinski definition) is 2. The minimum absolute atomic E-state index is 0.149. The fourth-order valence-corrected chi connectivity index (χ4v) is 1.15. The van der Waals surface area contributed by atoms with Gasteiger partial charge in [0.2, 0.25) is 5.83 Å². The third-order valence-electron chi connectivity index (χ3n) is 1.99. The van der Waals surface area contributed by atoms with Gasteiger partial charge < -0.3 is 4.74 Å². The molecule has 2 nitrogen and oxygen atoms in total. The van der Waals surface area contributed by atoms with Crippen LogP contribution in [0.4, 0.5) is 30.7 Å². The molecule has 0 aromatic heterocycles. The third kappa shape index (κ3) is 3.97. The fraction of sp³-hybridized carbons (Fsp3) is 0.182. The first kappa shape index (κ1) is 16.0. The van der Waals surface area contributed by atoms with Gasteiger partial charge >= 0.3 is 18.3 Å². The molecule has 0 spiro atoms. The Hall–Kier alpha value is -2.06. The zero-order valence-electron chi connectivity index (χ0n) is 9.40. The molecule has 0 heterocycles. The standard InChI is InChI=1S/C11H5F7O2/c1-5(12)9(19)20-8-3-6(10(13,14)15)2-7(4-8)11(16,17)18/h2-4H,1H2. The highest BCUT2D eigenvalue weighted by Crippen LogP contribution is 2.38. The maximum Gasteiger partial charge on any atom is 0.416 e. The molecule has 0 bridgehead atoms. The van der Waals surface area contributed by atoms with E-state index in [-0.39, 0.29) is 18.2 Å². The first-order valence-corrected chi connectivity index (χ1v) is 4.77. The van der Waals surface area contributed by atoms with Crippen molar-refractivity contribution in [3.63, 3.8) is 0 Å². The van der Waals surface area contributed by atoms with Crippen molar-refractivity contribution in [1.82, 2.24) is 0 Å². The maximum atomic E-state index is 12.4. The average Bonchev–Trinajstić information content (AvgIpc) is 2.26. The summed E-state index contributed by atoms with van der Waals surface area (Å²) >= 11 is 0. The van der Waals surface area contributed by atoms with Gasteiger partial charge in [-0.1, -0.05) is 6.58 Å². The largest absolute Gasteiger partial charge is 0.421 e. The van der Waals surface area contributed by atoms with Crippen LogP contribution in [-0.2, 0) is 17.1 Å². The van der Waals surface area contributed by atoms with Crippen LogP contribution in [-0.4, -0.2) is 5.97 Å². The Morgan fingerprint density at radius 1 is 0.950 bits per heavy atom. The number of ether oxygens (including phenoxy) is 1. The summed E-state index contributed by atoms with van der Waals surface area (Å²) in [6, 6.07) is 0.147. The van der Waals surface area contributed by atoms with Crippen LogP contribution in [0.25, 0.3) is 0 Å². The molecule has 0 radical (unpaired) electrons. The molecule has 9 heteroatoms. The van der Waals surface area contributed by atoms with Gasteiger partial charge in [0.05, 0.1) is 11.1 Å². The second-order valence-corrected chi connectivity index (χ2v) is 3.54. The van der Waals surface area contributed by atoms with Gasteiger partial charge in [-0.2, -0.15) is 30.7 Å². The highest BCUT2D eigenvalue weighted by molar-refractivity contribution is 5.87. The number of carbonyl (C=O) groups is 1. The van der Waals surface area contributed by atoms with E-state index in [1.54, 1.807) is 0 Å². The Balaban J connectivity index is 3.31. The summed E-state index contributed by atoms with van der Waals surface area (Å²) in [6.07, 6.45) is -10.2. The molecule has 0 saturated carbocycles. The molecule has 0 aliphatic carbocycles. The van der Waals surface area contributed by atoms with Crippen LogP contribution >= 0.6 is 0 Å². The summed E-state index contributed by atoms with van der Waals surface area (Å²) in [5, 5.41) is 0.